The number of rotatable bonds is 3. The van der Waals surface area contributed by atoms with Gasteiger partial charge in [0.25, 0.3) is 0 Å². The summed E-state index contributed by atoms with van der Waals surface area (Å²) in [6.07, 6.45) is 2.85. The minimum Gasteiger partial charge on any atom is -0.329 e. The molecule has 1 aliphatic carbocycles. The zero-order valence-corrected chi connectivity index (χ0v) is 10.7. The molecule has 92 valence electrons. The normalized spacial score (nSPS) is 17.4. The van der Waals surface area contributed by atoms with Gasteiger partial charge in [-0.15, -0.1) is 0 Å². The van der Waals surface area contributed by atoms with Gasteiger partial charge in [0.05, 0.1) is 5.41 Å². The third-order valence-electron chi connectivity index (χ3n) is 3.70. The van der Waals surface area contributed by atoms with E-state index in [1.807, 2.05) is 25.1 Å². The second-order valence-corrected chi connectivity index (χ2v) is 5.11. The lowest BCUT2D eigenvalue weighted by Crippen LogP contribution is -2.47. The number of amides is 1. The summed E-state index contributed by atoms with van der Waals surface area (Å²) in [5.74, 6) is 0.0246. The van der Waals surface area contributed by atoms with Crippen LogP contribution in [0.25, 0.3) is 0 Å². The Morgan fingerprint density at radius 2 is 2.24 bits per heavy atom. The number of hydrogen-bond donors (Lipinski definition) is 2. The first kappa shape index (κ1) is 12.4. The van der Waals surface area contributed by atoms with Crippen LogP contribution in [0.2, 0.25) is 5.02 Å². The second kappa shape index (κ2) is 4.67. The molecule has 1 fully saturated rings. The lowest BCUT2D eigenvalue weighted by molar-refractivity contribution is -0.129. The lowest BCUT2D eigenvalue weighted by atomic mass is 9.68. The molecular weight excluding hydrogens is 236 g/mol. The van der Waals surface area contributed by atoms with Crippen LogP contribution in [0.15, 0.2) is 18.2 Å². The van der Waals surface area contributed by atoms with E-state index in [9.17, 15) is 4.79 Å². The molecule has 0 radical (unpaired) electrons. The molecule has 0 saturated heterocycles. The van der Waals surface area contributed by atoms with Crippen LogP contribution < -0.4 is 11.1 Å². The van der Waals surface area contributed by atoms with Crippen LogP contribution in [-0.4, -0.2) is 12.5 Å². The summed E-state index contributed by atoms with van der Waals surface area (Å²) < 4.78 is 0. The highest BCUT2D eigenvalue weighted by atomic mass is 35.5. The van der Waals surface area contributed by atoms with Crippen molar-refractivity contribution < 1.29 is 4.79 Å². The Kier molecular flexibility index (Phi) is 3.40. The van der Waals surface area contributed by atoms with Crippen molar-refractivity contribution in [2.24, 2.45) is 11.1 Å². The monoisotopic (exact) mass is 252 g/mol. The average Bonchev–Trinajstić information content (AvgIpc) is 2.24. The zero-order chi connectivity index (χ0) is 12.5. The van der Waals surface area contributed by atoms with Gasteiger partial charge in [0.1, 0.15) is 0 Å². The zero-order valence-electron chi connectivity index (χ0n) is 9.92. The van der Waals surface area contributed by atoms with Gasteiger partial charge in [-0.2, -0.15) is 0 Å². The molecular formula is C13H17ClN2O. The number of carbonyl (C=O) groups is 1. The number of halogens is 1. The fraction of sp³-hybridized carbons (Fsp3) is 0.462. The van der Waals surface area contributed by atoms with Crippen LogP contribution >= 0.6 is 11.6 Å². The maximum absolute atomic E-state index is 12.2. The largest absolute Gasteiger partial charge is 0.329 e. The first-order chi connectivity index (χ1) is 8.09. The third-order valence-corrected chi connectivity index (χ3v) is 4.11. The highest BCUT2D eigenvalue weighted by Crippen LogP contribution is 2.41. The van der Waals surface area contributed by atoms with Crippen molar-refractivity contribution >= 4 is 23.2 Å². The molecule has 1 amide bonds. The van der Waals surface area contributed by atoms with Crippen molar-refractivity contribution in [1.29, 1.82) is 0 Å². The maximum Gasteiger partial charge on any atom is 0.231 e. The van der Waals surface area contributed by atoms with E-state index in [0.717, 1.165) is 30.5 Å². The molecule has 2 rings (SSSR count). The first-order valence-corrected chi connectivity index (χ1v) is 6.23. The average molecular weight is 253 g/mol. The van der Waals surface area contributed by atoms with E-state index in [0.29, 0.717) is 11.6 Å². The van der Waals surface area contributed by atoms with Crippen molar-refractivity contribution in [3.05, 3.63) is 28.8 Å². The van der Waals surface area contributed by atoms with Crippen molar-refractivity contribution in [3.8, 4) is 0 Å². The Balaban J connectivity index is 2.16. The van der Waals surface area contributed by atoms with Crippen LogP contribution in [0.5, 0.6) is 0 Å². The molecule has 0 heterocycles. The van der Waals surface area contributed by atoms with Gasteiger partial charge >= 0.3 is 0 Å². The Bertz CT molecular complexity index is 436. The van der Waals surface area contributed by atoms with Gasteiger partial charge in [-0.3, -0.25) is 4.79 Å². The minimum atomic E-state index is -0.352. The summed E-state index contributed by atoms with van der Waals surface area (Å²) in [6, 6.07) is 5.51. The molecule has 3 N–H and O–H groups in total. The highest BCUT2D eigenvalue weighted by Gasteiger charge is 2.42. The van der Waals surface area contributed by atoms with E-state index in [1.54, 1.807) is 0 Å². The van der Waals surface area contributed by atoms with Gasteiger partial charge in [-0.1, -0.05) is 24.1 Å². The van der Waals surface area contributed by atoms with E-state index in [-0.39, 0.29) is 11.3 Å². The van der Waals surface area contributed by atoms with Gasteiger partial charge in [0.15, 0.2) is 0 Å². The Morgan fingerprint density at radius 1 is 1.53 bits per heavy atom. The molecule has 0 bridgehead atoms. The van der Waals surface area contributed by atoms with E-state index in [1.165, 1.54) is 0 Å². The molecule has 1 saturated carbocycles. The number of nitrogens with one attached hydrogen (secondary N) is 1. The molecule has 0 aliphatic heterocycles. The molecule has 1 aromatic carbocycles. The number of anilines is 1. The topological polar surface area (TPSA) is 55.1 Å². The Hall–Kier alpha value is -1.06. The number of benzene rings is 1. The minimum absolute atomic E-state index is 0.0246. The molecule has 0 spiro atoms. The third kappa shape index (κ3) is 2.17. The number of hydrogen-bond acceptors (Lipinski definition) is 2. The number of carbonyl (C=O) groups excluding carboxylic acids is 1. The molecule has 1 aliphatic rings. The quantitative estimate of drug-likeness (QED) is 0.869. The van der Waals surface area contributed by atoms with Crippen LogP contribution in [-0.2, 0) is 4.79 Å². The fourth-order valence-electron chi connectivity index (χ4n) is 2.13. The molecule has 17 heavy (non-hydrogen) atoms. The van der Waals surface area contributed by atoms with Crippen molar-refractivity contribution in [3.63, 3.8) is 0 Å². The SMILES string of the molecule is Cc1c(Cl)cccc1NC(=O)C1(CN)CCC1. The summed E-state index contributed by atoms with van der Waals surface area (Å²) in [5, 5.41) is 3.61. The van der Waals surface area contributed by atoms with Gasteiger partial charge < -0.3 is 11.1 Å². The smallest absolute Gasteiger partial charge is 0.231 e. The fourth-order valence-corrected chi connectivity index (χ4v) is 2.30. The van der Waals surface area contributed by atoms with Gasteiger partial charge in [-0.25, -0.2) is 0 Å². The highest BCUT2D eigenvalue weighted by molar-refractivity contribution is 6.31. The molecule has 1 aromatic rings. The molecule has 4 heteroatoms. The van der Waals surface area contributed by atoms with E-state index in [4.69, 9.17) is 17.3 Å². The maximum atomic E-state index is 12.2. The predicted octanol–water partition coefficient (Wildman–Crippen LogP) is 2.72. The number of nitrogens with two attached hydrogens (primary N) is 1. The predicted molar refractivity (Wildman–Crippen MR) is 70.2 cm³/mol. The summed E-state index contributed by atoms with van der Waals surface area (Å²) in [4.78, 5) is 12.2. The van der Waals surface area contributed by atoms with Crippen LogP contribution in [0.1, 0.15) is 24.8 Å². The molecule has 3 nitrogen and oxygen atoms in total. The Labute approximate surface area is 106 Å². The van der Waals surface area contributed by atoms with Gasteiger partial charge in [0, 0.05) is 17.3 Å². The van der Waals surface area contributed by atoms with Crippen molar-refractivity contribution in [2.45, 2.75) is 26.2 Å². The molecule has 0 atom stereocenters. The summed E-state index contributed by atoms with van der Waals surface area (Å²) >= 11 is 6.02. The van der Waals surface area contributed by atoms with Crippen LogP contribution in [0.3, 0.4) is 0 Å². The molecule has 0 aromatic heterocycles. The summed E-state index contributed by atoms with van der Waals surface area (Å²) in [6.45, 7) is 2.31. The summed E-state index contributed by atoms with van der Waals surface area (Å²) in [5.41, 5.74) is 7.03. The second-order valence-electron chi connectivity index (χ2n) is 4.70. The Morgan fingerprint density at radius 3 is 2.76 bits per heavy atom. The molecule has 0 unspecified atom stereocenters. The van der Waals surface area contributed by atoms with E-state index < -0.39 is 0 Å². The standard InChI is InChI=1S/C13H17ClN2O/c1-9-10(14)4-2-5-11(9)16-12(17)13(8-15)6-3-7-13/h2,4-5H,3,6-8,15H2,1H3,(H,16,17). The van der Waals surface area contributed by atoms with Crippen molar-refractivity contribution in [1.82, 2.24) is 0 Å². The first-order valence-electron chi connectivity index (χ1n) is 5.86. The van der Waals surface area contributed by atoms with Crippen molar-refractivity contribution in [2.75, 3.05) is 11.9 Å². The van der Waals surface area contributed by atoms with Gasteiger partial charge in [-0.05, 0) is 37.5 Å². The van der Waals surface area contributed by atoms with Crippen LogP contribution in [0.4, 0.5) is 5.69 Å². The van der Waals surface area contributed by atoms with Crippen LogP contribution in [0, 0.1) is 12.3 Å². The van der Waals surface area contributed by atoms with E-state index >= 15 is 0 Å². The van der Waals surface area contributed by atoms with Gasteiger partial charge in [0.2, 0.25) is 5.91 Å². The lowest BCUT2D eigenvalue weighted by Gasteiger charge is -2.39. The van der Waals surface area contributed by atoms with E-state index in [2.05, 4.69) is 5.32 Å². The summed E-state index contributed by atoms with van der Waals surface area (Å²) in [7, 11) is 0.